The quantitative estimate of drug-likeness (QED) is 0.685. The van der Waals surface area contributed by atoms with Gasteiger partial charge < -0.3 is 20.1 Å². The summed E-state index contributed by atoms with van der Waals surface area (Å²) >= 11 is 0. The number of hydrogen-bond donors (Lipinski definition) is 2. The molecule has 2 aliphatic heterocycles. The van der Waals surface area contributed by atoms with Crippen molar-refractivity contribution in [2.45, 2.75) is 78.1 Å². The first kappa shape index (κ1) is 26.0. The molecule has 2 N–H and O–H groups in total. The Labute approximate surface area is 203 Å². The number of aliphatic carboxylic acids is 1. The second-order valence-corrected chi connectivity index (χ2v) is 10.8. The first-order valence-corrected chi connectivity index (χ1v) is 12.7. The first-order chi connectivity index (χ1) is 16.2. The number of para-hydroxylation sites is 1. The highest BCUT2D eigenvalue weighted by Crippen LogP contribution is 2.38. The van der Waals surface area contributed by atoms with Gasteiger partial charge in [-0.3, -0.25) is 14.4 Å². The molecule has 1 spiro atoms. The van der Waals surface area contributed by atoms with Crippen molar-refractivity contribution in [3.05, 3.63) is 29.8 Å². The van der Waals surface area contributed by atoms with Gasteiger partial charge in [-0.05, 0) is 61.0 Å². The van der Waals surface area contributed by atoms with E-state index in [2.05, 4.69) is 11.4 Å². The van der Waals surface area contributed by atoms with Gasteiger partial charge in [0.25, 0.3) is 0 Å². The van der Waals surface area contributed by atoms with E-state index in [0.29, 0.717) is 39.1 Å². The molecule has 0 saturated carbocycles. The molecule has 0 bridgehead atoms. The number of fused-ring (bicyclic) bond motifs is 1. The smallest absolute Gasteiger partial charge is 0.303 e. The molecule has 0 atom stereocenters. The lowest BCUT2D eigenvalue weighted by atomic mass is 9.74. The molecule has 2 aliphatic rings. The molecule has 34 heavy (non-hydrogen) atoms. The maximum atomic E-state index is 12.9. The number of carbonyl (C=O) groups excluding carboxylic acids is 2. The van der Waals surface area contributed by atoms with Gasteiger partial charge in [-0.2, -0.15) is 0 Å². The van der Waals surface area contributed by atoms with Crippen LogP contribution >= 0.6 is 0 Å². The van der Waals surface area contributed by atoms with Crippen LogP contribution in [0.1, 0.15) is 77.2 Å². The van der Waals surface area contributed by atoms with Crippen LogP contribution in [0.4, 0.5) is 0 Å². The van der Waals surface area contributed by atoms with Crippen LogP contribution in [0.15, 0.2) is 24.3 Å². The molecular formula is C27H40N2O5. The van der Waals surface area contributed by atoms with Crippen LogP contribution in [-0.2, 0) is 20.8 Å². The SMILES string of the molecule is CC(C)(CC(=O)O)CC(=O)N1CCC2(CCCCc3ccccc3OCCCC(=O)NC2)CC1. The minimum atomic E-state index is -0.875. The van der Waals surface area contributed by atoms with Crippen molar-refractivity contribution < 1.29 is 24.2 Å². The molecule has 0 aromatic heterocycles. The lowest BCUT2D eigenvalue weighted by Gasteiger charge is -2.43. The van der Waals surface area contributed by atoms with E-state index < -0.39 is 11.4 Å². The van der Waals surface area contributed by atoms with Gasteiger partial charge in [0.1, 0.15) is 5.75 Å². The summed E-state index contributed by atoms with van der Waals surface area (Å²) < 4.78 is 5.93. The number of piperidine rings is 1. The molecule has 1 fully saturated rings. The Bertz CT molecular complexity index is 858. The number of rotatable bonds is 4. The van der Waals surface area contributed by atoms with Gasteiger partial charge >= 0.3 is 5.97 Å². The summed E-state index contributed by atoms with van der Waals surface area (Å²) in [5.41, 5.74) is 0.669. The van der Waals surface area contributed by atoms with E-state index in [9.17, 15) is 14.4 Å². The molecule has 188 valence electrons. The van der Waals surface area contributed by atoms with Gasteiger partial charge in [0.15, 0.2) is 0 Å². The van der Waals surface area contributed by atoms with Crippen molar-refractivity contribution in [1.82, 2.24) is 10.2 Å². The van der Waals surface area contributed by atoms with E-state index >= 15 is 0 Å². The zero-order valence-electron chi connectivity index (χ0n) is 20.7. The van der Waals surface area contributed by atoms with Gasteiger partial charge in [-0.1, -0.05) is 38.5 Å². The van der Waals surface area contributed by atoms with Crippen LogP contribution in [0.5, 0.6) is 5.75 Å². The molecule has 2 amide bonds. The van der Waals surface area contributed by atoms with Crippen molar-refractivity contribution in [2.24, 2.45) is 10.8 Å². The Hall–Kier alpha value is -2.57. The highest BCUT2D eigenvalue weighted by atomic mass is 16.5. The summed E-state index contributed by atoms with van der Waals surface area (Å²) in [6.45, 7) is 6.17. The van der Waals surface area contributed by atoms with Crippen molar-refractivity contribution in [3.8, 4) is 5.75 Å². The summed E-state index contributed by atoms with van der Waals surface area (Å²) in [5, 5.41) is 12.3. The average molecular weight is 473 g/mol. The Morgan fingerprint density at radius 2 is 1.79 bits per heavy atom. The lowest BCUT2D eigenvalue weighted by molar-refractivity contribution is -0.141. The van der Waals surface area contributed by atoms with E-state index in [4.69, 9.17) is 9.84 Å². The van der Waals surface area contributed by atoms with Crippen LogP contribution in [-0.4, -0.2) is 54.0 Å². The Morgan fingerprint density at radius 1 is 1.06 bits per heavy atom. The average Bonchev–Trinajstić information content (AvgIpc) is 2.78. The maximum absolute atomic E-state index is 12.9. The van der Waals surface area contributed by atoms with Crippen LogP contribution in [0.25, 0.3) is 0 Å². The molecule has 0 aliphatic carbocycles. The second-order valence-electron chi connectivity index (χ2n) is 10.8. The number of nitrogens with one attached hydrogen (secondary N) is 1. The van der Waals surface area contributed by atoms with E-state index in [1.807, 2.05) is 36.9 Å². The normalized spacial score (nSPS) is 19.9. The third-order valence-corrected chi connectivity index (χ3v) is 7.28. The topological polar surface area (TPSA) is 95.9 Å². The fraction of sp³-hybridized carbons (Fsp3) is 0.667. The molecule has 2 heterocycles. The third kappa shape index (κ3) is 7.74. The molecular weight excluding hydrogens is 432 g/mol. The van der Waals surface area contributed by atoms with Crippen molar-refractivity contribution >= 4 is 17.8 Å². The fourth-order valence-corrected chi connectivity index (χ4v) is 5.19. The monoisotopic (exact) mass is 472 g/mol. The van der Waals surface area contributed by atoms with Crippen LogP contribution < -0.4 is 10.1 Å². The predicted octanol–water partition coefficient (Wildman–Crippen LogP) is 4.19. The zero-order chi connectivity index (χ0) is 24.6. The second kappa shape index (κ2) is 11.7. The van der Waals surface area contributed by atoms with E-state index in [1.165, 1.54) is 5.56 Å². The van der Waals surface area contributed by atoms with Crippen LogP contribution in [0.3, 0.4) is 0 Å². The zero-order valence-corrected chi connectivity index (χ0v) is 20.7. The Kier molecular flexibility index (Phi) is 8.97. The molecule has 1 aromatic rings. The van der Waals surface area contributed by atoms with E-state index in [-0.39, 0.29) is 30.1 Å². The summed E-state index contributed by atoms with van der Waals surface area (Å²) in [4.78, 5) is 38.3. The molecule has 1 saturated heterocycles. The van der Waals surface area contributed by atoms with E-state index in [0.717, 1.165) is 44.3 Å². The van der Waals surface area contributed by atoms with E-state index in [1.54, 1.807) is 0 Å². The van der Waals surface area contributed by atoms with Crippen LogP contribution in [0.2, 0.25) is 0 Å². The van der Waals surface area contributed by atoms with Gasteiger partial charge in [-0.25, -0.2) is 0 Å². The number of aryl methyl sites for hydroxylation is 1. The number of nitrogens with zero attached hydrogens (tertiary/aromatic N) is 1. The number of carbonyl (C=O) groups is 3. The third-order valence-electron chi connectivity index (χ3n) is 7.28. The number of hydrogen-bond acceptors (Lipinski definition) is 4. The Balaban J connectivity index is 1.61. The first-order valence-electron chi connectivity index (χ1n) is 12.7. The predicted molar refractivity (Wildman–Crippen MR) is 131 cm³/mol. The van der Waals surface area contributed by atoms with Gasteiger partial charge in [0, 0.05) is 32.5 Å². The van der Waals surface area contributed by atoms with Crippen molar-refractivity contribution in [1.29, 1.82) is 0 Å². The largest absolute Gasteiger partial charge is 0.493 e. The number of ether oxygens (including phenoxy) is 1. The molecule has 7 nitrogen and oxygen atoms in total. The molecule has 1 aromatic carbocycles. The lowest BCUT2D eigenvalue weighted by Crippen LogP contribution is -2.48. The minimum absolute atomic E-state index is 0.00313. The minimum Gasteiger partial charge on any atom is -0.493 e. The van der Waals surface area contributed by atoms with Crippen LogP contribution in [0, 0.1) is 10.8 Å². The molecule has 0 radical (unpaired) electrons. The van der Waals surface area contributed by atoms with Crippen molar-refractivity contribution in [2.75, 3.05) is 26.2 Å². The number of carboxylic acid groups (broad SMARTS) is 1. The number of amides is 2. The summed E-state index contributed by atoms with van der Waals surface area (Å²) in [6, 6.07) is 8.17. The van der Waals surface area contributed by atoms with Gasteiger partial charge in [0.05, 0.1) is 13.0 Å². The number of carboxylic acids is 1. The highest BCUT2D eigenvalue weighted by Gasteiger charge is 2.37. The Morgan fingerprint density at radius 3 is 2.53 bits per heavy atom. The maximum Gasteiger partial charge on any atom is 0.303 e. The molecule has 0 unspecified atom stereocenters. The molecule has 7 heteroatoms. The highest BCUT2D eigenvalue weighted by molar-refractivity contribution is 5.78. The fourth-order valence-electron chi connectivity index (χ4n) is 5.19. The van der Waals surface area contributed by atoms with Gasteiger partial charge in [0.2, 0.25) is 11.8 Å². The summed E-state index contributed by atoms with van der Waals surface area (Å²) in [6.07, 6.45) is 7.18. The van der Waals surface area contributed by atoms with Crippen molar-refractivity contribution in [3.63, 3.8) is 0 Å². The van der Waals surface area contributed by atoms with Gasteiger partial charge in [-0.15, -0.1) is 0 Å². The summed E-state index contributed by atoms with van der Waals surface area (Å²) in [5.74, 6) is 0.136. The molecule has 3 rings (SSSR count). The standard InChI is InChI=1S/C27H40N2O5/c1-26(2,19-25(32)33)18-24(31)29-15-13-27(14-16-29)12-6-5-9-21-8-3-4-10-22(21)34-17-7-11-23(30)28-20-27/h3-4,8,10H,5-7,9,11-20H2,1-2H3,(H,28,30)(H,32,33). The summed E-state index contributed by atoms with van der Waals surface area (Å²) in [7, 11) is 0. The number of likely N-dealkylation sites (tertiary alicyclic amines) is 1. The number of benzene rings is 1.